The van der Waals surface area contributed by atoms with Crippen molar-refractivity contribution in [3.05, 3.63) is 29.8 Å². The quantitative estimate of drug-likeness (QED) is 0.620. The number of hydrogen-bond acceptors (Lipinski definition) is 1. The van der Waals surface area contributed by atoms with Crippen molar-refractivity contribution in [2.75, 3.05) is 18.5 Å². The molecule has 1 heterocycles. The Hall–Kier alpha value is 0.124. The van der Waals surface area contributed by atoms with Crippen LogP contribution in [0.5, 0.6) is 0 Å². The molecule has 0 bridgehead atoms. The van der Waals surface area contributed by atoms with Gasteiger partial charge in [0.15, 0.2) is 0 Å². The Morgan fingerprint density at radius 3 is 3.08 bits per heavy atom. The molecule has 0 spiro atoms. The fraction of sp³-hybridized carbons (Fsp3) is 0.400. The number of nitrogens with zero attached hydrogens (tertiary/aromatic N) is 1. The average molecular weight is 235 g/mol. The maximum absolute atomic E-state index is 3.11. The third-order valence-electron chi connectivity index (χ3n) is 2.27. The van der Waals surface area contributed by atoms with E-state index in [1.807, 2.05) is 6.07 Å². The Balaban J connectivity index is 0.000000720. The van der Waals surface area contributed by atoms with E-state index in [1.54, 1.807) is 0 Å². The molecule has 1 aliphatic heterocycles. The van der Waals surface area contributed by atoms with Crippen molar-refractivity contribution >= 4 is 5.69 Å². The predicted molar refractivity (Wildman–Crippen MR) is 46.9 cm³/mol. The van der Waals surface area contributed by atoms with Crippen LogP contribution in [0, 0.1) is 6.07 Å². The number of rotatable bonds is 0. The first-order chi connectivity index (χ1) is 5.38. The number of anilines is 1. The molecule has 2 rings (SSSR count). The van der Waals surface area contributed by atoms with Crippen LogP contribution < -0.4 is 4.90 Å². The zero-order valence-electron chi connectivity index (χ0n) is 7.38. The van der Waals surface area contributed by atoms with Gasteiger partial charge in [-0.1, -0.05) is 12.1 Å². The molecule has 12 heavy (non-hydrogen) atoms. The van der Waals surface area contributed by atoms with E-state index >= 15 is 0 Å². The molecule has 0 aliphatic carbocycles. The van der Waals surface area contributed by atoms with Crippen molar-refractivity contribution in [1.82, 2.24) is 0 Å². The third kappa shape index (κ3) is 1.89. The third-order valence-corrected chi connectivity index (χ3v) is 2.27. The Morgan fingerprint density at radius 1 is 1.50 bits per heavy atom. The molecule has 1 nitrogen and oxygen atoms in total. The van der Waals surface area contributed by atoms with Crippen molar-refractivity contribution in [2.24, 2.45) is 0 Å². The fourth-order valence-electron chi connectivity index (χ4n) is 1.66. The van der Waals surface area contributed by atoms with E-state index in [0.717, 1.165) is 0 Å². The standard InChI is InChI=1S/C10H12N.Y/c1-11-8-4-6-9-5-2-3-7-10(9)11;/h3,5,7H,4,6,8H2,1H3;/q-1;. The molecule has 0 aromatic heterocycles. The molecule has 1 aliphatic rings. The van der Waals surface area contributed by atoms with Crippen LogP contribution in [0.4, 0.5) is 5.69 Å². The molecule has 1 aromatic carbocycles. The zero-order valence-corrected chi connectivity index (χ0v) is 10.2. The number of benzene rings is 1. The van der Waals surface area contributed by atoms with Gasteiger partial charge in [-0.3, -0.25) is 0 Å². The van der Waals surface area contributed by atoms with Crippen LogP contribution in [0.15, 0.2) is 18.2 Å². The normalized spacial score (nSPS) is 14.9. The Kier molecular flexibility index (Phi) is 3.73. The summed E-state index contributed by atoms with van der Waals surface area (Å²) in [6.07, 6.45) is 2.50. The van der Waals surface area contributed by atoms with Crippen molar-refractivity contribution < 1.29 is 32.7 Å². The Bertz CT molecular complexity index is 260. The molecule has 0 atom stereocenters. The van der Waals surface area contributed by atoms with Gasteiger partial charge in [-0.25, -0.2) is 0 Å². The molecular weight excluding hydrogens is 223 g/mol. The second-order valence-electron chi connectivity index (χ2n) is 3.08. The fourth-order valence-corrected chi connectivity index (χ4v) is 1.66. The van der Waals surface area contributed by atoms with Gasteiger partial charge in [0.1, 0.15) is 0 Å². The van der Waals surface area contributed by atoms with Gasteiger partial charge in [0.2, 0.25) is 0 Å². The molecule has 0 saturated carbocycles. The molecule has 0 N–H and O–H groups in total. The van der Waals surface area contributed by atoms with Gasteiger partial charge in [-0.2, -0.15) is 18.2 Å². The molecule has 0 saturated heterocycles. The van der Waals surface area contributed by atoms with Gasteiger partial charge >= 0.3 is 0 Å². The van der Waals surface area contributed by atoms with Gasteiger partial charge in [0.05, 0.1) is 0 Å². The Morgan fingerprint density at radius 2 is 2.33 bits per heavy atom. The number of fused-ring (bicyclic) bond motifs is 1. The summed E-state index contributed by atoms with van der Waals surface area (Å²) in [5, 5.41) is 0. The van der Waals surface area contributed by atoms with E-state index in [0.29, 0.717) is 0 Å². The van der Waals surface area contributed by atoms with Crippen LogP contribution in [-0.2, 0) is 39.1 Å². The minimum Gasteiger partial charge on any atom is -0.396 e. The average Bonchev–Trinajstić information content (AvgIpc) is 2.06. The van der Waals surface area contributed by atoms with Crippen LogP contribution in [0.2, 0.25) is 0 Å². The monoisotopic (exact) mass is 235 g/mol. The Labute approximate surface area is 99.0 Å². The molecule has 1 radical (unpaired) electrons. The summed E-state index contributed by atoms with van der Waals surface area (Å²) in [6.45, 7) is 1.19. The first-order valence-electron chi connectivity index (χ1n) is 4.08. The summed E-state index contributed by atoms with van der Waals surface area (Å²) in [6, 6.07) is 9.35. The smallest absolute Gasteiger partial charge is 0.0146 e. The van der Waals surface area contributed by atoms with Crippen molar-refractivity contribution in [1.29, 1.82) is 0 Å². The van der Waals surface area contributed by atoms with E-state index in [1.165, 1.54) is 30.6 Å². The van der Waals surface area contributed by atoms with Crippen LogP contribution in [0.1, 0.15) is 12.0 Å². The molecule has 2 heteroatoms. The minimum absolute atomic E-state index is 0. The number of hydrogen-bond donors (Lipinski definition) is 0. The summed E-state index contributed by atoms with van der Waals surface area (Å²) in [7, 11) is 2.15. The summed E-state index contributed by atoms with van der Waals surface area (Å²) in [5.74, 6) is 0. The predicted octanol–water partition coefficient (Wildman–Crippen LogP) is 1.87. The first-order valence-corrected chi connectivity index (χ1v) is 4.08. The summed E-state index contributed by atoms with van der Waals surface area (Å²) in [4.78, 5) is 2.31. The summed E-state index contributed by atoms with van der Waals surface area (Å²) < 4.78 is 0. The SMILES string of the molecule is CN1CCCc2c[c-]ccc21.[Y]. The number of aryl methyl sites for hydroxylation is 1. The molecular formula is C10H12NY-. The van der Waals surface area contributed by atoms with Gasteiger partial charge in [-0.15, -0.1) is 11.6 Å². The van der Waals surface area contributed by atoms with E-state index in [-0.39, 0.29) is 32.7 Å². The van der Waals surface area contributed by atoms with Gasteiger partial charge < -0.3 is 4.90 Å². The van der Waals surface area contributed by atoms with Crippen molar-refractivity contribution in [3.8, 4) is 0 Å². The second kappa shape index (κ2) is 4.39. The molecule has 0 fully saturated rings. The molecule has 0 unspecified atom stereocenters. The van der Waals surface area contributed by atoms with E-state index < -0.39 is 0 Å². The zero-order chi connectivity index (χ0) is 7.68. The van der Waals surface area contributed by atoms with E-state index in [9.17, 15) is 0 Å². The van der Waals surface area contributed by atoms with E-state index in [4.69, 9.17) is 0 Å². The maximum atomic E-state index is 3.11. The van der Waals surface area contributed by atoms with E-state index in [2.05, 4.69) is 30.1 Å². The summed E-state index contributed by atoms with van der Waals surface area (Å²) >= 11 is 0. The topological polar surface area (TPSA) is 3.24 Å². The largest absolute Gasteiger partial charge is 0.396 e. The maximum Gasteiger partial charge on any atom is 0.0146 e. The van der Waals surface area contributed by atoms with Crippen molar-refractivity contribution in [3.63, 3.8) is 0 Å². The van der Waals surface area contributed by atoms with Gasteiger partial charge in [-0.05, 0) is 6.42 Å². The van der Waals surface area contributed by atoms with Crippen LogP contribution in [-0.4, -0.2) is 13.6 Å². The molecule has 1 aromatic rings. The first kappa shape index (κ1) is 10.2. The van der Waals surface area contributed by atoms with Gasteiger partial charge in [0, 0.05) is 46.3 Å². The second-order valence-corrected chi connectivity index (χ2v) is 3.08. The van der Waals surface area contributed by atoms with Crippen LogP contribution >= 0.6 is 0 Å². The van der Waals surface area contributed by atoms with Crippen LogP contribution in [0.25, 0.3) is 0 Å². The summed E-state index contributed by atoms with van der Waals surface area (Å²) in [5.41, 5.74) is 2.83. The van der Waals surface area contributed by atoms with Crippen molar-refractivity contribution in [2.45, 2.75) is 12.8 Å². The minimum atomic E-state index is 0. The molecule has 61 valence electrons. The van der Waals surface area contributed by atoms with Gasteiger partial charge in [0.25, 0.3) is 0 Å². The molecule has 0 amide bonds. The van der Waals surface area contributed by atoms with Crippen LogP contribution in [0.3, 0.4) is 0 Å².